The van der Waals surface area contributed by atoms with Crippen molar-refractivity contribution in [3.05, 3.63) is 77.9 Å². The Morgan fingerprint density at radius 1 is 1.17 bits per heavy atom. The Kier molecular flexibility index (Phi) is 11.5. The Balaban J connectivity index is 2.26. The van der Waals surface area contributed by atoms with Crippen molar-refractivity contribution in [3.8, 4) is 5.75 Å². The number of hydrogen-bond donors (Lipinski definition) is 1. The quantitative estimate of drug-likeness (QED) is 0.291. The number of cyclic esters (lactones) is 1. The highest BCUT2D eigenvalue weighted by Crippen LogP contribution is 2.28. The first-order valence-corrected chi connectivity index (χ1v) is 12.4. The molecular weight excluding hydrogens is 440 g/mol. The number of methoxy groups -OCH3 is 1. The van der Waals surface area contributed by atoms with Crippen LogP contribution in [0.3, 0.4) is 0 Å². The predicted octanol–water partition coefficient (Wildman–Crippen LogP) is 6.33. The maximum atomic E-state index is 13.0. The van der Waals surface area contributed by atoms with Gasteiger partial charge in [-0.25, -0.2) is 4.79 Å². The standard InChI is InChI=1S/C30H42O5/c1-8-28-29(20(2)3)27(31)17-22(5)11-9-10-21(4)16-26(18-23(6)30(32)35-28)34-19-24-12-14-25(33-7)15-13-24/h8,11-16,20,26-29,31H,1,6,9-10,17-19H2,2-5,7H3/b21-16+,22-11+/t26?,27-,28-,29-/m1/s1. The molecular formula is C30H42O5. The number of aliphatic hydroxyl groups excluding tert-OH is 1. The van der Waals surface area contributed by atoms with Gasteiger partial charge in [0.1, 0.15) is 11.9 Å². The second-order valence-corrected chi connectivity index (χ2v) is 9.81. The van der Waals surface area contributed by atoms with Gasteiger partial charge >= 0.3 is 5.97 Å². The van der Waals surface area contributed by atoms with Crippen molar-refractivity contribution in [1.29, 1.82) is 0 Å². The van der Waals surface area contributed by atoms with E-state index in [1.807, 2.05) is 45.0 Å². The number of rotatable bonds is 6. The van der Waals surface area contributed by atoms with Crippen LogP contribution in [0.15, 0.2) is 72.4 Å². The molecule has 0 spiro atoms. The number of benzene rings is 1. The molecule has 4 atom stereocenters. The Bertz CT molecular complexity index is 909. The molecule has 1 unspecified atom stereocenters. The molecule has 0 radical (unpaired) electrons. The second-order valence-electron chi connectivity index (χ2n) is 9.81. The van der Waals surface area contributed by atoms with E-state index in [0.717, 1.165) is 29.7 Å². The first-order valence-electron chi connectivity index (χ1n) is 12.4. The maximum Gasteiger partial charge on any atom is 0.334 e. The van der Waals surface area contributed by atoms with Crippen molar-refractivity contribution in [2.24, 2.45) is 11.8 Å². The van der Waals surface area contributed by atoms with Crippen LogP contribution in [0.4, 0.5) is 0 Å². The van der Waals surface area contributed by atoms with E-state index >= 15 is 0 Å². The van der Waals surface area contributed by atoms with Gasteiger partial charge in [-0.05, 0) is 56.7 Å². The molecule has 0 aromatic heterocycles. The molecule has 5 heteroatoms. The molecule has 0 saturated heterocycles. The second kappa shape index (κ2) is 14.1. The monoisotopic (exact) mass is 482 g/mol. The van der Waals surface area contributed by atoms with Crippen LogP contribution >= 0.6 is 0 Å². The van der Waals surface area contributed by atoms with Gasteiger partial charge in [-0.2, -0.15) is 0 Å². The molecule has 1 N–H and O–H groups in total. The molecule has 5 nitrogen and oxygen atoms in total. The fraction of sp³-hybridized carbons (Fsp3) is 0.500. The largest absolute Gasteiger partial charge is 0.497 e. The normalized spacial score (nSPS) is 28.1. The van der Waals surface area contributed by atoms with Gasteiger partial charge in [0.25, 0.3) is 0 Å². The number of allylic oxidation sites excluding steroid dienone is 2. The molecule has 0 amide bonds. The van der Waals surface area contributed by atoms with Crippen LogP contribution in [0.5, 0.6) is 5.75 Å². The zero-order valence-corrected chi connectivity index (χ0v) is 22.0. The molecule has 2 rings (SSSR count). The van der Waals surface area contributed by atoms with E-state index in [0.29, 0.717) is 25.0 Å². The molecule has 0 fully saturated rings. The van der Waals surface area contributed by atoms with Gasteiger partial charge in [-0.3, -0.25) is 0 Å². The number of carbonyl (C=O) groups is 1. The fourth-order valence-electron chi connectivity index (χ4n) is 4.45. The lowest BCUT2D eigenvalue weighted by atomic mass is 9.82. The summed E-state index contributed by atoms with van der Waals surface area (Å²) >= 11 is 0. The summed E-state index contributed by atoms with van der Waals surface area (Å²) in [5.41, 5.74) is 3.65. The molecule has 1 aliphatic rings. The van der Waals surface area contributed by atoms with Crippen LogP contribution < -0.4 is 4.74 Å². The third-order valence-corrected chi connectivity index (χ3v) is 6.46. The Morgan fingerprint density at radius 2 is 1.86 bits per heavy atom. The Morgan fingerprint density at radius 3 is 2.46 bits per heavy atom. The number of ether oxygens (including phenoxy) is 3. The molecule has 1 heterocycles. The Labute approximate surface area is 211 Å². The number of carbonyl (C=O) groups excluding carboxylic acids is 1. The summed E-state index contributed by atoms with van der Waals surface area (Å²) in [7, 11) is 1.64. The fourth-order valence-corrected chi connectivity index (χ4v) is 4.45. The topological polar surface area (TPSA) is 65.0 Å². The molecule has 192 valence electrons. The van der Waals surface area contributed by atoms with Gasteiger partial charge in [-0.1, -0.05) is 68.5 Å². The SMILES string of the molecule is C=C[C@H]1OC(=O)C(=C)CC(OCc2ccc(OC)cc2)/C=C(\C)CC/C=C(\C)C[C@@H](O)[C@H]1C(C)C. The summed E-state index contributed by atoms with van der Waals surface area (Å²) in [5.74, 6) is 0.139. The van der Waals surface area contributed by atoms with E-state index in [-0.39, 0.29) is 17.9 Å². The minimum absolute atomic E-state index is 0.0991. The molecule has 35 heavy (non-hydrogen) atoms. The zero-order chi connectivity index (χ0) is 26.0. The van der Waals surface area contributed by atoms with Crippen molar-refractivity contribution in [1.82, 2.24) is 0 Å². The van der Waals surface area contributed by atoms with Gasteiger partial charge in [0, 0.05) is 17.9 Å². The number of hydrogen-bond acceptors (Lipinski definition) is 5. The molecule has 0 bridgehead atoms. The van der Waals surface area contributed by atoms with Gasteiger partial charge in [0.15, 0.2) is 0 Å². The Hall–Kier alpha value is -2.63. The summed E-state index contributed by atoms with van der Waals surface area (Å²) in [6.45, 7) is 16.4. The molecule has 1 aromatic rings. The molecule has 1 aromatic carbocycles. The first-order chi connectivity index (χ1) is 16.6. The van der Waals surface area contributed by atoms with Crippen molar-refractivity contribution < 1.29 is 24.1 Å². The number of esters is 1. The van der Waals surface area contributed by atoms with Crippen molar-refractivity contribution in [2.45, 2.75) is 78.3 Å². The van der Waals surface area contributed by atoms with Crippen LogP contribution in [-0.2, 0) is 20.9 Å². The smallest absolute Gasteiger partial charge is 0.334 e. The highest BCUT2D eigenvalue weighted by atomic mass is 16.5. The van der Waals surface area contributed by atoms with E-state index in [4.69, 9.17) is 14.2 Å². The third kappa shape index (κ3) is 9.15. The summed E-state index contributed by atoms with van der Waals surface area (Å²) in [5, 5.41) is 11.0. The van der Waals surface area contributed by atoms with E-state index < -0.39 is 18.2 Å². The summed E-state index contributed by atoms with van der Waals surface area (Å²) in [4.78, 5) is 13.0. The van der Waals surface area contributed by atoms with Crippen LogP contribution in [0.25, 0.3) is 0 Å². The van der Waals surface area contributed by atoms with Crippen LogP contribution in [0, 0.1) is 11.8 Å². The minimum Gasteiger partial charge on any atom is -0.497 e. The van der Waals surface area contributed by atoms with Crippen LogP contribution in [0.1, 0.15) is 58.9 Å². The lowest BCUT2D eigenvalue weighted by molar-refractivity contribution is -0.147. The summed E-state index contributed by atoms with van der Waals surface area (Å²) in [6.07, 6.45) is 6.89. The lowest BCUT2D eigenvalue weighted by Gasteiger charge is -2.32. The third-order valence-electron chi connectivity index (χ3n) is 6.46. The van der Waals surface area contributed by atoms with Crippen LogP contribution in [0.2, 0.25) is 0 Å². The molecule has 0 saturated carbocycles. The van der Waals surface area contributed by atoms with Gasteiger partial charge in [0.05, 0.1) is 25.9 Å². The summed E-state index contributed by atoms with van der Waals surface area (Å²) in [6, 6.07) is 7.72. The first kappa shape index (κ1) is 28.6. The summed E-state index contributed by atoms with van der Waals surface area (Å²) < 4.78 is 17.2. The molecule has 0 aliphatic carbocycles. The van der Waals surface area contributed by atoms with E-state index in [1.54, 1.807) is 13.2 Å². The highest BCUT2D eigenvalue weighted by molar-refractivity contribution is 5.88. The van der Waals surface area contributed by atoms with Crippen LogP contribution in [-0.4, -0.2) is 36.5 Å². The maximum absolute atomic E-state index is 13.0. The highest BCUT2D eigenvalue weighted by Gasteiger charge is 2.33. The average molecular weight is 483 g/mol. The van der Waals surface area contributed by atoms with Crippen molar-refractivity contribution in [3.63, 3.8) is 0 Å². The van der Waals surface area contributed by atoms with Gasteiger partial charge in [-0.15, -0.1) is 0 Å². The van der Waals surface area contributed by atoms with Gasteiger partial charge in [0.2, 0.25) is 0 Å². The van der Waals surface area contributed by atoms with Gasteiger partial charge < -0.3 is 19.3 Å². The average Bonchev–Trinajstić information content (AvgIpc) is 2.81. The zero-order valence-electron chi connectivity index (χ0n) is 22.0. The van der Waals surface area contributed by atoms with E-state index in [1.165, 1.54) is 5.57 Å². The molecule has 1 aliphatic heterocycles. The lowest BCUT2D eigenvalue weighted by Crippen LogP contribution is -2.38. The minimum atomic E-state index is -0.641. The number of aliphatic hydroxyl groups is 1. The van der Waals surface area contributed by atoms with Crippen molar-refractivity contribution >= 4 is 5.97 Å². The van der Waals surface area contributed by atoms with E-state index in [2.05, 4.69) is 32.2 Å². The van der Waals surface area contributed by atoms with Crippen molar-refractivity contribution in [2.75, 3.05) is 7.11 Å². The van der Waals surface area contributed by atoms with E-state index in [9.17, 15) is 9.90 Å². The predicted molar refractivity (Wildman–Crippen MR) is 141 cm³/mol.